The fourth-order valence-corrected chi connectivity index (χ4v) is 1.91. The van der Waals surface area contributed by atoms with Crippen molar-refractivity contribution in [3.05, 3.63) is 5.82 Å². The number of tetrazole rings is 1. The largest absolute Gasteiger partial charge is 0.379 e. The SMILES string of the molecule is CCCNC(C)c1nnnn1C1CCOC1. The van der Waals surface area contributed by atoms with Crippen molar-refractivity contribution < 1.29 is 4.74 Å². The van der Waals surface area contributed by atoms with Crippen LogP contribution in [0.4, 0.5) is 0 Å². The van der Waals surface area contributed by atoms with Crippen molar-refractivity contribution in [2.75, 3.05) is 19.8 Å². The molecule has 1 aromatic rings. The monoisotopic (exact) mass is 225 g/mol. The summed E-state index contributed by atoms with van der Waals surface area (Å²) in [6, 6.07) is 0.492. The third-order valence-electron chi connectivity index (χ3n) is 2.86. The van der Waals surface area contributed by atoms with Crippen LogP contribution >= 0.6 is 0 Å². The van der Waals surface area contributed by atoms with E-state index in [1.165, 1.54) is 0 Å². The average Bonchev–Trinajstić information content (AvgIpc) is 2.94. The molecule has 0 bridgehead atoms. The van der Waals surface area contributed by atoms with Crippen molar-refractivity contribution >= 4 is 0 Å². The summed E-state index contributed by atoms with van der Waals surface area (Å²) in [6.45, 7) is 6.75. The molecule has 1 aliphatic rings. The minimum atomic E-state index is 0.190. The van der Waals surface area contributed by atoms with Crippen LogP contribution in [0.15, 0.2) is 0 Å². The molecule has 16 heavy (non-hydrogen) atoms. The van der Waals surface area contributed by atoms with Gasteiger partial charge in [0, 0.05) is 6.61 Å². The molecule has 1 fully saturated rings. The first-order valence-electron chi connectivity index (χ1n) is 5.91. The zero-order chi connectivity index (χ0) is 11.4. The Morgan fingerprint density at radius 2 is 2.50 bits per heavy atom. The lowest BCUT2D eigenvalue weighted by Gasteiger charge is -2.15. The van der Waals surface area contributed by atoms with Crippen molar-refractivity contribution in [3.8, 4) is 0 Å². The summed E-state index contributed by atoms with van der Waals surface area (Å²) in [5.41, 5.74) is 0. The van der Waals surface area contributed by atoms with Crippen LogP contribution in [-0.2, 0) is 4.74 Å². The molecule has 1 saturated heterocycles. The Morgan fingerprint density at radius 1 is 1.62 bits per heavy atom. The zero-order valence-electron chi connectivity index (χ0n) is 9.89. The van der Waals surface area contributed by atoms with Gasteiger partial charge in [-0.2, -0.15) is 0 Å². The fourth-order valence-electron chi connectivity index (χ4n) is 1.91. The Bertz CT molecular complexity index is 321. The Hall–Kier alpha value is -1.01. The first-order chi connectivity index (χ1) is 7.83. The van der Waals surface area contributed by atoms with Gasteiger partial charge in [-0.3, -0.25) is 0 Å². The van der Waals surface area contributed by atoms with Crippen LogP contribution in [0.25, 0.3) is 0 Å². The lowest BCUT2D eigenvalue weighted by Crippen LogP contribution is -2.25. The van der Waals surface area contributed by atoms with Crippen LogP contribution in [0, 0.1) is 0 Å². The summed E-state index contributed by atoms with van der Waals surface area (Å²) >= 11 is 0. The minimum absolute atomic E-state index is 0.190. The summed E-state index contributed by atoms with van der Waals surface area (Å²) in [5.74, 6) is 0.906. The van der Waals surface area contributed by atoms with Gasteiger partial charge >= 0.3 is 0 Å². The van der Waals surface area contributed by atoms with E-state index in [4.69, 9.17) is 4.74 Å². The van der Waals surface area contributed by atoms with E-state index in [0.717, 1.165) is 38.4 Å². The maximum Gasteiger partial charge on any atom is 0.168 e. The number of hydrogen-bond donors (Lipinski definition) is 1. The van der Waals surface area contributed by atoms with E-state index < -0.39 is 0 Å². The molecule has 0 radical (unpaired) electrons. The summed E-state index contributed by atoms with van der Waals surface area (Å²) in [5, 5.41) is 15.3. The average molecular weight is 225 g/mol. The highest BCUT2D eigenvalue weighted by Gasteiger charge is 2.24. The van der Waals surface area contributed by atoms with Gasteiger partial charge in [-0.25, -0.2) is 4.68 Å². The Labute approximate surface area is 95.4 Å². The second kappa shape index (κ2) is 5.36. The standard InChI is InChI=1S/C10H19N5O/c1-3-5-11-8(2)10-12-13-14-15(10)9-4-6-16-7-9/h8-9,11H,3-7H2,1-2H3. The highest BCUT2D eigenvalue weighted by atomic mass is 16.5. The molecule has 2 atom stereocenters. The topological polar surface area (TPSA) is 64.9 Å². The Kier molecular flexibility index (Phi) is 3.84. The second-order valence-corrected chi connectivity index (χ2v) is 4.17. The summed E-state index contributed by atoms with van der Waals surface area (Å²) in [4.78, 5) is 0. The lowest BCUT2D eigenvalue weighted by molar-refractivity contribution is 0.183. The highest BCUT2D eigenvalue weighted by molar-refractivity contribution is 4.92. The van der Waals surface area contributed by atoms with Gasteiger partial charge in [0.05, 0.1) is 18.7 Å². The van der Waals surface area contributed by atoms with Gasteiger partial charge in [-0.15, -0.1) is 5.10 Å². The van der Waals surface area contributed by atoms with Crippen LogP contribution in [0.5, 0.6) is 0 Å². The maximum absolute atomic E-state index is 5.36. The van der Waals surface area contributed by atoms with Crippen LogP contribution < -0.4 is 5.32 Å². The van der Waals surface area contributed by atoms with Crippen molar-refractivity contribution in [2.24, 2.45) is 0 Å². The van der Waals surface area contributed by atoms with Crippen LogP contribution in [0.1, 0.15) is 44.6 Å². The van der Waals surface area contributed by atoms with Crippen molar-refractivity contribution in [3.63, 3.8) is 0 Å². The zero-order valence-corrected chi connectivity index (χ0v) is 9.89. The van der Waals surface area contributed by atoms with Gasteiger partial charge in [0.1, 0.15) is 0 Å². The van der Waals surface area contributed by atoms with Gasteiger partial charge in [-0.1, -0.05) is 6.92 Å². The number of nitrogens with one attached hydrogen (secondary N) is 1. The second-order valence-electron chi connectivity index (χ2n) is 4.17. The molecule has 90 valence electrons. The predicted molar refractivity (Wildman–Crippen MR) is 59.0 cm³/mol. The van der Waals surface area contributed by atoms with Crippen molar-refractivity contribution in [2.45, 2.75) is 38.8 Å². The van der Waals surface area contributed by atoms with Gasteiger partial charge < -0.3 is 10.1 Å². The highest BCUT2D eigenvalue weighted by Crippen LogP contribution is 2.20. The molecule has 2 unspecified atom stereocenters. The molecule has 1 N–H and O–H groups in total. The molecule has 0 spiro atoms. The molecule has 1 aromatic heterocycles. The van der Waals surface area contributed by atoms with E-state index in [9.17, 15) is 0 Å². The lowest BCUT2D eigenvalue weighted by atomic mass is 10.2. The molecule has 6 nitrogen and oxygen atoms in total. The molecule has 0 amide bonds. The van der Waals surface area contributed by atoms with Crippen molar-refractivity contribution in [1.82, 2.24) is 25.5 Å². The van der Waals surface area contributed by atoms with Gasteiger partial charge in [0.15, 0.2) is 5.82 Å². The van der Waals surface area contributed by atoms with Crippen LogP contribution in [0.3, 0.4) is 0 Å². The first kappa shape index (κ1) is 11.5. The smallest absolute Gasteiger partial charge is 0.168 e. The molecule has 0 aromatic carbocycles. The van der Waals surface area contributed by atoms with Crippen LogP contribution in [-0.4, -0.2) is 40.0 Å². The number of ether oxygens (including phenoxy) is 1. The molecule has 2 heterocycles. The molecule has 0 saturated carbocycles. The fraction of sp³-hybridized carbons (Fsp3) is 0.900. The van der Waals surface area contributed by atoms with E-state index in [-0.39, 0.29) is 6.04 Å². The van der Waals surface area contributed by atoms with E-state index in [0.29, 0.717) is 6.04 Å². The maximum atomic E-state index is 5.36. The Morgan fingerprint density at radius 3 is 3.19 bits per heavy atom. The third kappa shape index (κ3) is 2.38. The summed E-state index contributed by atoms with van der Waals surface area (Å²) in [6.07, 6.45) is 2.11. The number of aromatic nitrogens is 4. The molecule has 0 aliphatic carbocycles. The van der Waals surface area contributed by atoms with E-state index >= 15 is 0 Å². The number of rotatable bonds is 5. The molecule has 1 aliphatic heterocycles. The van der Waals surface area contributed by atoms with E-state index in [2.05, 4.69) is 34.7 Å². The predicted octanol–water partition coefficient (Wildman–Crippen LogP) is 0.695. The third-order valence-corrected chi connectivity index (χ3v) is 2.86. The normalized spacial score (nSPS) is 22.5. The van der Waals surface area contributed by atoms with Crippen molar-refractivity contribution in [1.29, 1.82) is 0 Å². The van der Waals surface area contributed by atoms with Gasteiger partial charge in [-0.05, 0) is 36.7 Å². The Balaban J connectivity index is 2.05. The first-order valence-corrected chi connectivity index (χ1v) is 5.91. The quantitative estimate of drug-likeness (QED) is 0.799. The van der Waals surface area contributed by atoms with E-state index in [1.807, 2.05) is 4.68 Å². The summed E-state index contributed by atoms with van der Waals surface area (Å²) < 4.78 is 7.26. The molecule has 6 heteroatoms. The van der Waals surface area contributed by atoms with E-state index in [1.54, 1.807) is 0 Å². The molecular weight excluding hydrogens is 206 g/mol. The number of hydrogen-bond acceptors (Lipinski definition) is 5. The molecule has 2 rings (SSSR count). The minimum Gasteiger partial charge on any atom is -0.379 e. The molecular formula is C10H19N5O. The van der Waals surface area contributed by atoms with Gasteiger partial charge in [0.25, 0.3) is 0 Å². The van der Waals surface area contributed by atoms with Gasteiger partial charge in [0.2, 0.25) is 0 Å². The number of nitrogens with zero attached hydrogens (tertiary/aromatic N) is 4. The summed E-state index contributed by atoms with van der Waals surface area (Å²) in [7, 11) is 0. The van der Waals surface area contributed by atoms with Crippen LogP contribution in [0.2, 0.25) is 0 Å².